The second-order valence-corrected chi connectivity index (χ2v) is 9.89. The fourth-order valence-corrected chi connectivity index (χ4v) is 7.99. The van der Waals surface area contributed by atoms with Crippen molar-refractivity contribution in [3.05, 3.63) is 12.2 Å². The Bertz CT molecular complexity index is 686. The topological polar surface area (TPSA) is 87.0 Å². The molecule has 6 fully saturated rings. The van der Waals surface area contributed by atoms with Gasteiger partial charge in [0.15, 0.2) is 5.78 Å². The smallest absolute Gasteiger partial charge is 0.208 e. The first-order valence-corrected chi connectivity index (χ1v) is 9.61. The second kappa shape index (κ2) is 4.38. The molecule has 6 rings (SSSR count). The number of fused-ring (bicyclic) bond motifs is 2. The van der Waals surface area contributed by atoms with E-state index in [1.165, 1.54) is 0 Å². The maximum Gasteiger partial charge on any atom is 0.208 e. The largest absolute Gasteiger partial charge is 0.391 e. The van der Waals surface area contributed by atoms with Crippen molar-refractivity contribution in [2.24, 2.45) is 34.0 Å². The van der Waals surface area contributed by atoms with Crippen molar-refractivity contribution in [3.8, 4) is 0 Å². The van der Waals surface area contributed by atoms with Gasteiger partial charge in [-0.3, -0.25) is 4.79 Å². The minimum absolute atomic E-state index is 0.131. The third-order valence-electron chi connectivity index (χ3n) is 8.77. The number of aliphatic hydroxyl groups excluding tert-OH is 2. The SMILES string of the molecule is C=C1C(=O)C23C(O)C1CC[C@H]2C12CCCC(C)(C)[C@H]1[C@H](O)[C@]3(O)OC2. The Hall–Kier alpha value is -0.750. The summed E-state index contributed by atoms with van der Waals surface area (Å²) in [5.74, 6) is -2.92. The van der Waals surface area contributed by atoms with Crippen LogP contribution in [0.2, 0.25) is 0 Å². The normalized spacial score (nSPS) is 58.8. The first-order valence-electron chi connectivity index (χ1n) is 9.61. The van der Waals surface area contributed by atoms with Crippen LogP contribution in [-0.2, 0) is 9.53 Å². The van der Waals surface area contributed by atoms with Gasteiger partial charge in [-0.1, -0.05) is 26.8 Å². The first kappa shape index (κ1) is 16.4. The summed E-state index contributed by atoms with van der Waals surface area (Å²) >= 11 is 0. The van der Waals surface area contributed by atoms with Crippen LogP contribution in [0, 0.1) is 34.0 Å². The summed E-state index contributed by atoms with van der Waals surface area (Å²) in [6.45, 7) is 8.58. The predicted molar refractivity (Wildman–Crippen MR) is 89.3 cm³/mol. The lowest BCUT2D eigenvalue weighted by Gasteiger charge is -2.73. The Balaban J connectivity index is 1.79. The zero-order chi connectivity index (χ0) is 18.0. The third-order valence-corrected chi connectivity index (χ3v) is 8.77. The molecule has 5 nitrogen and oxygen atoms in total. The summed E-state index contributed by atoms with van der Waals surface area (Å²) in [6, 6.07) is 0. The van der Waals surface area contributed by atoms with Crippen LogP contribution in [0.25, 0.3) is 0 Å². The van der Waals surface area contributed by atoms with Crippen molar-refractivity contribution in [1.82, 2.24) is 0 Å². The van der Waals surface area contributed by atoms with Gasteiger partial charge in [0.25, 0.3) is 0 Å². The van der Waals surface area contributed by atoms with Crippen molar-refractivity contribution in [3.63, 3.8) is 0 Å². The maximum atomic E-state index is 13.3. The average Bonchev–Trinajstić information content (AvgIpc) is 2.66. The summed E-state index contributed by atoms with van der Waals surface area (Å²) in [6.07, 6.45) is 2.18. The number of carbonyl (C=O) groups is 1. The number of Topliss-reactive ketones (excluding diaryl/α,β-unsaturated/α-hetero) is 1. The van der Waals surface area contributed by atoms with E-state index in [1.807, 2.05) is 0 Å². The van der Waals surface area contributed by atoms with Gasteiger partial charge in [0, 0.05) is 17.3 Å². The summed E-state index contributed by atoms with van der Waals surface area (Å²) < 4.78 is 5.89. The van der Waals surface area contributed by atoms with Gasteiger partial charge >= 0.3 is 0 Å². The van der Waals surface area contributed by atoms with Gasteiger partial charge in [-0.2, -0.15) is 0 Å². The zero-order valence-electron chi connectivity index (χ0n) is 15.0. The zero-order valence-corrected chi connectivity index (χ0v) is 15.0. The number of ether oxygens (including phenoxy) is 1. The Morgan fingerprint density at radius 2 is 1.88 bits per heavy atom. The monoisotopic (exact) mass is 348 g/mol. The van der Waals surface area contributed by atoms with Gasteiger partial charge in [-0.25, -0.2) is 0 Å². The Morgan fingerprint density at radius 1 is 1.16 bits per heavy atom. The Kier molecular flexibility index (Phi) is 2.88. The molecular formula is C20H28O5. The van der Waals surface area contributed by atoms with E-state index in [4.69, 9.17) is 4.74 Å². The van der Waals surface area contributed by atoms with Crippen LogP contribution in [0.1, 0.15) is 46.0 Å². The molecule has 8 atom stereocenters. The fraction of sp³-hybridized carbons (Fsp3) is 0.850. The van der Waals surface area contributed by atoms with E-state index < -0.39 is 23.4 Å². The minimum atomic E-state index is -2.02. The molecule has 25 heavy (non-hydrogen) atoms. The van der Waals surface area contributed by atoms with E-state index in [2.05, 4.69) is 20.4 Å². The second-order valence-electron chi connectivity index (χ2n) is 9.89. The Labute approximate surface area is 148 Å². The molecule has 2 saturated heterocycles. The molecule has 138 valence electrons. The highest BCUT2D eigenvalue weighted by atomic mass is 16.6. The maximum absolute atomic E-state index is 13.3. The van der Waals surface area contributed by atoms with Gasteiger partial charge in [0.05, 0.1) is 12.7 Å². The van der Waals surface area contributed by atoms with Crippen LogP contribution in [0.4, 0.5) is 0 Å². The van der Waals surface area contributed by atoms with E-state index in [0.717, 1.165) is 32.1 Å². The highest BCUT2D eigenvalue weighted by Crippen LogP contribution is 2.76. The van der Waals surface area contributed by atoms with Crippen molar-refractivity contribution in [2.45, 2.75) is 63.9 Å². The lowest BCUT2D eigenvalue weighted by molar-refractivity contribution is -0.448. The molecule has 0 aromatic rings. The molecule has 4 aliphatic carbocycles. The molecule has 0 aromatic carbocycles. The molecule has 4 bridgehead atoms. The molecule has 0 aromatic heterocycles. The molecule has 6 aliphatic rings. The van der Waals surface area contributed by atoms with Gasteiger partial charge in [-0.05, 0) is 42.6 Å². The standard InChI is InChI=1S/C20H28O5/c1-10-11-5-6-12-18-8-4-7-17(2,3)13(18)16(23)20(24,25-9-18)19(12,14(10)21)15(11)22/h11-13,15-16,22-24H,1,4-9H2,2-3H3/t11?,12-,13+,15?,16-,18?,19?,20-/m0/s1. The quantitative estimate of drug-likeness (QED) is 0.576. The number of hydrogen-bond acceptors (Lipinski definition) is 5. The van der Waals surface area contributed by atoms with Crippen LogP contribution in [0.15, 0.2) is 12.2 Å². The molecule has 3 N–H and O–H groups in total. The number of carbonyl (C=O) groups excluding carboxylic acids is 1. The minimum Gasteiger partial charge on any atom is -0.391 e. The van der Waals surface area contributed by atoms with E-state index in [1.54, 1.807) is 0 Å². The molecule has 2 aliphatic heterocycles. The summed E-state index contributed by atoms with van der Waals surface area (Å²) in [7, 11) is 0. The van der Waals surface area contributed by atoms with E-state index >= 15 is 0 Å². The van der Waals surface area contributed by atoms with Crippen molar-refractivity contribution < 1.29 is 24.9 Å². The van der Waals surface area contributed by atoms with Crippen LogP contribution in [-0.4, -0.2) is 45.7 Å². The number of aliphatic hydroxyl groups is 3. The average molecular weight is 348 g/mol. The third kappa shape index (κ3) is 1.41. The van der Waals surface area contributed by atoms with Crippen LogP contribution in [0.3, 0.4) is 0 Å². The molecular weight excluding hydrogens is 320 g/mol. The van der Waals surface area contributed by atoms with Crippen molar-refractivity contribution in [2.75, 3.05) is 6.61 Å². The van der Waals surface area contributed by atoms with Gasteiger partial charge < -0.3 is 20.1 Å². The molecule has 2 heterocycles. The van der Waals surface area contributed by atoms with Gasteiger partial charge in [0.2, 0.25) is 5.79 Å². The Morgan fingerprint density at radius 3 is 2.60 bits per heavy atom. The molecule has 2 spiro atoms. The highest BCUT2D eigenvalue weighted by Gasteiger charge is 2.85. The van der Waals surface area contributed by atoms with Gasteiger partial charge in [0.1, 0.15) is 11.5 Å². The van der Waals surface area contributed by atoms with Crippen molar-refractivity contribution >= 4 is 5.78 Å². The van der Waals surface area contributed by atoms with Gasteiger partial charge in [-0.15, -0.1) is 0 Å². The predicted octanol–water partition coefficient (Wildman–Crippen LogP) is 1.40. The highest BCUT2D eigenvalue weighted by molar-refractivity contribution is 6.05. The molecule has 0 amide bonds. The lowest BCUT2D eigenvalue weighted by Crippen LogP contribution is -2.83. The van der Waals surface area contributed by atoms with Crippen molar-refractivity contribution in [1.29, 1.82) is 0 Å². The van der Waals surface area contributed by atoms with E-state index in [0.29, 0.717) is 12.2 Å². The van der Waals surface area contributed by atoms with Crippen LogP contribution < -0.4 is 0 Å². The van der Waals surface area contributed by atoms with Crippen LogP contribution >= 0.6 is 0 Å². The summed E-state index contributed by atoms with van der Waals surface area (Å²) in [4.78, 5) is 13.3. The molecule has 4 unspecified atom stereocenters. The van der Waals surface area contributed by atoms with Crippen LogP contribution in [0.5, 0.6) is 0 Å². The first-order chi connectivity index (χ1) is 11.6. The number of ketones is 1. The number of rotatable bonds is 0. The van der Waals surface area contributed by atoms with E-state index in [-0.39, 0.29) is 34.4 Å². The molecule has 0 radical (unpaired) electrons. The number of hydrogen-bond donors (Lipinski definition) is 3. The summed E-state index contributed by atoms with van der Waals surface area (Å²) in [5.41, 5.74) is -1.56. The van der Waals surface area contributed by atoms with E-state index in [9.17, 15) is 20.1 Å². The summed E-state index contributed by atoms with van der Waals surface area (Å²) in [5, 5.41) is 34.0. The fourth-order valence-electron chi connectivity index (χ4n) is 7.99. The molecule has 4 saturated carbocycles. The molecule has 5 heteroatoms. The lowest BCUT2D eigenvalue weighted by atomic mass is 9.36.